The molecule has 0 unspecified atom stereocenters. The molecule has 0 aliphatic rings. The lowest BCUT2D eigenvalue weighted by Gasteiger charge is -2.10. The fourth-order valence-electron chi connectivity index (χ4n) is 1.37. The number of nitrogens with zero attached hydrogens (tertiary/aromatic N) is 1. The molecule has 82 valence electrons. The molecular formula is C13H20N2. The molecule has 0 fully saturated rings. The van der Waals surface area contributed by atoms with Crippen LogP contribution in [0.15, 0.2) is 30.8 Å². The van der Waals surface area contributed by atoms with Crippen molar-refractivity contribution < 1.29 is 0 Å². The minimum Gasteiger partial charge on any atom is -0.385 e. The summed E-state index contributed by atoms with van der Waals surface area (Å²) in [6.45, 7) is 5.87. The summed E-state index contributed by atoms with van der Waals surface area (Å²) in [4.78, 5) is 2.20. The molecular weight excluding hydrogens is 184 g/mol. The number of hydrogen-bond acceptors (Lipinski definition) is 2. The highest BCUT2D eigenvalue weighted by molar-refractivity contribution is 5.53. The summed E-state index contributed by atoms with van der Waals surface area (Å²) in [5.74, 6) is 0. The van der Waals surface area contributed by atoms with Crippen molar-refractivity contribution in [2.24, 2.45) is 0 Å². The van der Waals surface area contributed by atoms with Crippen LogP contribution in [0.4, 0.5) is 5.69 Å². The number of hydrogen-bond donors (Lipinski definition) is 1. The van der Waals surface area contributed by atoms with Crippen LogP contribution in [0.2, 0.25) is 0 Å². The van der Waals surface area contributed by atoms with Crippen LogP contribution < -0.4 is 5.32 Å². The predicted molar refractivity (Wildman–Crippen MR) is 68.2 cm³/mol. The zero-order valence-electron chi connectivity index (χ0n) is 9.66. The second kappa shape index (κ2) is 6.25. The first-order valence-electron chi connectivity index (χ1n) is 5.33. The summed E-state index contributed by atoms with van der Waals surface area (Å²) in [5.41, 5.74) is 2.34. The Labute approximate surface area is 92.6 Å². The third-order valence-corrected chi connectivity index (χ3v) is 2.26. The summed E-state index contributed by atoms with van der Waals surface area (Å²) < 4.78 is 0. The van der Waals surface area contributed by atoms with Gasteiger partial charge in [-0.25, -0.2) is 0 Å². The van der Waals surface area contributed by atoms with Crippen LogP contribution in [0, 0.1) is 0 Å². The lowest BCUT2D eigenvalue weighted by molar-refractivity contribution is 0.405. The second-order valence-corrected chi connectivity index (χ2v) is 3.91. The lowest BCUT2D eigenvalue weighted by Crippen LogP contribution is -2.16. The maximum absolute atomic E-state index is 3.73. The van der Waals surface area contributed by atoms with Crippen LogP contribution in [0.1, 0.15) is 12.0 Å². The first-order chi connectivity index (χ1) is 7.22. The number of benzene rings is 1. The molecule has 0 spiro atoms. The minimum absolute atomic E-state index is 1.02. The summed E-state index contributed by atoms with van der Waals surface area (Å²) >= 11 is 0. The Morgan fingerprint density at radius 3 is 2.47 bits per heavy atom. The highest BCUT2D eigenvalue weighted by Crippen LogP contribution is 2.09. The molecule has 0 aliphatic carbocycles. The molecule has 0 atom stereocenters. The molecule has 1 rings (SSSR count). The van der Waals surface area contributed by atoms with E-state index < -0.39 is 0 Å². The van der Waals surface area contributed by atoms with Crippen LogP contribution in [0.25, 0.3) is 6.08 Å². The van der Waals surface area contributed by atoms with E-state index in [-0.39, 0.29) is 0 Å². The highest BCUT2D eigenvalue weighted by Gasteiger charge is 1.92. The average molecular weight is 204 g/mol. The Kier molecular flexibility index (Phi) is 4.91. The van der Waals surface area contributed by atoms with E-state index in [0.717, 1.165) is 25.1 Å². The number of nitrogens with one attached hydrogen (secondary N) is 1. The van der Waals surface area contributed by atoms with Gasteiger partial charge in [-0.1, -0.05) is 24.8 Å². The molecule has 0 aromatic heterocycles. The second-order valence-electron chi connectivity index (χ2n) is 3.91. The largest absolute Gasteiger partial charge is 0.385 e. The SMILES string of the molecule is C=Cc1ccc(NCCCN(C)C)cc1. The van der Waals surface area contributed by atoms with Crippen molar-refractivity contribution in [3.8, 4) is 0 Å². The Balaban J connectivity index is 2.28. The van der Waals surface area contributed by atoms with Gasteiger partial charge in [0.25, 0.3) is 0 Å². The zero-order chi connectivity index (χ0) is 11.1. The van der Waals surface area contributed by atoms with Crippen LogP contribution in [0.5, 0.6) is 0 Å². The standard InChI is InChI=1S/C13H20N2/c1-4-12-6-8-13(9-7-12)14-10-5-11-15(2)3/h4,6-9,14H,1,5,10-11H2,2-3H3. The van der Waals surface area contributed by atoms with Gasteiger partial charge in [0.2, 0.25) is 0 Å². The molecule has 2 nitrogen and oxygen atoms in total. The van der Waals surface area contributed by atoms with Gasteiger partial charge in [0.1, 0.15) is 0 Å². The van der Waals surface area contributed by atoms with Crippen molar-refractivity contribution in [2.45, 2.75) is 6.42 Å². The van der Waals surface area contributed by atoms with Crippen molar-refractivity contribution in [3.05, 3.63) is 36.4 Å². The molecule has 1 aromatic carbocycles. The molecule has 0 saturated carbocycles. The van der Waals surface area contributed by atoms with Crippen molar-refractivity contribution in [3.63, 3.8) is 0 Å². The van der Waals surface area contributed by atoms with Gasteiger partial charge in [-0.3, -0.25) is 0 Å². The van der Waals surface area contributed by atoms with E-state index in [1.54, 1.807) is 0 Å². The van der Waals surface area contributed by atoms with Crippen LogP contribution in [-0.4, -0.2) is 32.1 Å². The molecule has 0 radical (unpaired) electrons. The summed E-state index contributed by atoms with van der Waals surface area (Å²) in [6.07, 6.45) is 3.02. The van der Waals surface area contributed by atoms with Crippen LogP contribution >= 0.6 is 0 Å². The molecule has 2 heteroatoms. The van der Waals surface area contributed by atoms with E-state index in [1.165, 1.54) is 5.69 Å². The van der Waals surface area contributed by atoms with Gasteiger partial charge in [-0.15, -0.1) is 0 Å². The number of anilines is 1. The third-order valence-electron chi connectivity index (χ3n) is 2.26. The Hall–Kier alpha value is -1.28. The Morgan fingerprint density at radius 1 is 1.27 bits per heavy atom. The molecule has 1 N–H and O–H groups in total. The first-order valence-corrected chi connectivity index (χ1v) is 5.33. The fourth-order valence-corrected chi connectivity index (χ4v) is 1.37. The van der Waals surface area contributed by atoms with Gasteiger partial charge < -0.3 is 10.2 Å². The van der Waals surface area contributed by atoms with E-state index in [2.05, 4.69) is 55.2 Å². The van der Waals surface area contributed by atoms with Crippen LogP contribution in [0.3, 0.4) is 0 Å². The third kappa shape index (κ3) is 4.66. The van der Waals surface area contributed by atoms with Gasteiger partial charge in [0, 0.05) is 12.2 Å². The molecule has 1 aromatic rings. The smallest absolute Gasteiger partial charge is 0.0340 e. The average Bonchev–Trinajstić information content (AvgIpc) is 2.25. The summed E-state index contributed by atoms with van der Waals surface area (Å²) in [7, 11) is 4.19. The van der Waals surface area contributed by atoms with E-state index in [1.807, 2.05) is 6.08 Å². The molecule has 15 heavy (non-hydrogen) atoms. The van der Waals surface area contributed by atoms with E-state index >= 15 is 0 Å². The molecule has 0 aliphatic heterocycles. The minimum atomic E-state index is 1.02. The highest BCUT2D eigenvalue weighted by atomic mass is 15.1. The van der Waals surface area contributed by atoms with Gasteiger partial charge in [-0.2, -0.15) is 0 Å². The molecule has 0 saturated heterocycles. The maximum atomic E-state index is 3.73. The number of rotatable bonds is 6. The maximum Gasteiger partial charge on any atom is 0.0340 e. The summed E-state index contributed by atoms with van der Waals surface area (Å²) in [6, 6.07) is 8.32. The van der Waals surface area contributed by atoms with Gasteiger partial charge in [0.15, 0.2) is 0 Å². The topological polar surface area (TPSA) is 15.3 Å². The molecule has 0 heterocycles. The van der Waals surface area contributed by atoms with E-state index in [4.69, 9.17) is 0 Å². The monoisotopic (exact) mass is 204 g/mol. The quantitative estimate of drug-likeness (QED) is 0.717. The predicted octanol–water partition coefficient (Wildman–Crippen LogP) is 2.69. The molecule has 0 amide bonds. The normalized spacial score (nSPS) is 10.3. The van der Waals surface area contributed by atoms with Gasteiger partial charge >= 0.3 is 0 Å². The lowest BCUT2D eigenvalue weighted by atomic mass is 10.2. The fraction of sp³-hybridized carbons (Fsp3) is 0.385. The van der Waals surface area contributed by atoms with Crippen LogP contribution in [-0.2, 0) is 0 Å². The first kappa shape index (κ1) is 11.8. The van der Waals surface area contributed by atoms with E-state index in [9.17, 15) is 0 Å². The Bertz CT molecular complexity index is 288. The zero-order valence-corrected chi connectivity index (χ0v) is 9.66. The van der Waals surface area contributed by atoms with Gasteiger partial charge in [-0.05, 0) is 44.8 Å². The van der Waals surface area contributed by atoms with E-state index in [0.29, 0.717) is 0 Å². The van der Waals surface area contributed by atoms with Crippen molar-refractivity contribution in [1.82, 2.24) is 4.90 Å². The van der Waals surface area contributed by atoms with Gasteiger partial charge in [0.05, 0.1) is 0 Å². The van der Waals surface area contributed by atoms with Crippen molar-refractivity contribution in [2.75, 3.05) is 32.5 Å². The van der Waals surface area contributed by atoms with Crippen molar-refractivity contribution >= 4 is 11.8 Å². The summed E-state index contributed by atoms with van der Waals surface area (Å²) in [5, 5.41) is 3.39. The Morgan fingerprint density at radius 2 is 1.93 bits per heavy atom. The molecule has 0 bridgehead atoms. The van der Waals surface area contributed by atoms with Crippen molar-refractivity contribution in [1.29, 1.82) is 0 Å².